The second-order valence-corrected chi connectivity index (χ2v) is 8.14. The molecule has 5 rings (SSSR count). The molecule has 2 saturated heterocycles. The third kappa shape index (κ3) is 3.31. The number of hydrogen-bond donors (Lipinski definition) is 0. The average molecular weight is 414 g/mol. The van der Waals surface area contributed by atoms with Gasteiger partial charge >= 0.3 is 0 Å². The van der Waals surface area contributed by atoms with Gasteiger partial charge in [-0.25, -0.2) is 4.98 Å². The first-order valence-corrected chi connectivity index (χ1v) is 10.5. The lowest BCUT2D eigenvalue weighted by Gasteiger charge is -2.46. The molecule has 30 heavy (non-hydrogen) atoms. The third-order valence-electron chi connectivity index (χ3n) is 6.26. The van der Waals surface area contributed by atoms with Crippen LogP contribution < -0.4 is 0 Å². The number of carbonyl (C=O) groups excluding carboxylic acids is 2. The van der Waals surface area contributed by atoms with Gasteiger partial charge in [-0.15, -0.1) is 0 Å². The molecular formula is C21H26N4O5. The van der Waals surface area contributed by atoms with Gasteiger partial charge in [0.25, 0.3) is 11.8 Å². The van der Waals surface area contributed by atoms with Crippen LogP contribution in [0.15, 0.2) is 28.9 Å². The molecule has 160 valence electrons. The lowest BCUT2D eigenvalue weighted by Crippen LogP contribution is -2.56. The van der Waals surface area contributed by atoms with Crippen molar-refractivity contribution in [1.82, 2.24) is 19.4 Å². The second kappa shape index (κ2) is 7.55. The van der Waals surface area contributed by atoms with Gasteiger partial charge in [0.05, 0.1) is 19.8 Å². The highest BCUT2D eigenvalue weighted by molar-refractivity contribution is 5.91. The quantitative estimate of drug-likeness (QED) is 0.733. The maximum absolute atomic E-state index is 13.1. The van der Waals surface area contributed by atoms with E-state index < -0.39 is 11.7 Å². The minimum absolute atomic E-state index is 0.00147. The summed E-state index contributed by atoms with van der Waals surface area (Å²) in [6.45, 7) is 5.62. The molecule has 1 atom stereocenters. The molecule has 2 aromatic rings. The zero-order valence-corrected chi connectivity index (χ0v) is 17.1. The van der Waals surface area contributed by atoms with Crippen LogP contribution in [0.5, 0.6) is 0 Å². The van der Waals surface area contributed by atoms with Crippen molar-refractivity contribution in [3.05, 3.63) is 41.9 Å². The largest absolute Gasteiger partial charge is 0.456 e. The number of amides is 2. The Balaban J connectivity index is 1.33. The summed E-state index contributed by atoms with van der Waals surface area (Å²) in [4.78, 5) is 34.0. The molecule has 0 bridgehead atoms. The number of aromatic nitrogens is 2. The maximum Gasteiger partial charge on any atom is 0.289 e. The van der Waals surface area contributed by atoms with E-state index in [0.29, 0.717) is 70.3 Å². The van der Waals surface area contributed by atoms with E-state index in [0.717, 1.165) is 5.82 Å². The number of aryl methyl sites for hydroxylation is 1. The highest BCUT2D eigenvalue weighted by atomic mass is 16.5. The number of hydrogen-bond acceptors (Lipinski definition) is 6. The van der Waals surface area contributed by atoms with E-state index in [1.54, 1.807) is 23.2 Å². The molecule has 0 saturated carbocycles. The number of furan rings is 1. The molecule has 0 radical (unpaired) electrons. The van der Waals surface area contributed by atoms with Crippen LogP contribution in [0.3, 0.4) is 0 Å². The first kappa shape index (κ1) is 19.3. The number of imidazole rings is 1. The summed E-state index contributed by atoms with van der Waals surface area (Å²) in [5.74, 6) is 1.80. The SMILES string of the molecule is Cc1ccc(C(=O)N2CCC3(CC2)OC(C(=O)N2CCOCC2)Cn2ccnc23)o1. The fraction of sp³-hybridized carbons (Fsp3) is 0.571. The average Bonchev–Trinajstić information content (AvgIpc) is 3.43. The molecule has 3 aliphatic rings. The number of likely N-dealkylation sites (tertiary alicyclic amines) is 1. The Morgan fingerprint density at radius 2 is 1.87 bits per heavy atom. The van der Waals surface area contributed by atoms with Crippen molar-refractivity contribution in [3.8, 4) is 0 Å². The highest BCUT2D eigenvalue weighted by Gasteiger charge is 2.48. The third-order valence-corrected chi connectivity index (χ3v) is 6.26. The van der Waals surface area contributed by atoms with Crippen LogP contribution in [0.1, 0.15) is 35.0 Å². The Morgan fingerprint density at radius 1 is 1.10 bits per heavy atom. The number of ether oxygens (including phenoxy) is 2. The minimum atomic E-state index is -0.662. The fourth-order valence-corrected chi connectivity index (χ4v) is 4.63. The predicted octanol–water partition coefficient (Wildman–Crippen LogP) is 1.17. The smallest absolute Gasteiger partial charge is 0.289 e. The summed E-state index contributed by atoms with van der Waals surface area (Å²) in [6, 6.07) is 3.50. The molecule has 0 aliphatic carbocycles. The zero-order valence-electron chi connectivity index (χ0n) is 17.1. The van der Waals surface area contributed by atoms with Gasteiger partial charge in [-0.1, -0.05) is 0 Å². The normalized spacial score (nSPS) is 23.4. The molecule has 3 aliphatic heterocycles. The van der Waals surface area contributed by atoms with Crippen molar-refractivity contribution in [2.45, 2.75) is 38.0 Å². The van der Waals surface area contributed by atoms with Crippen molar-refractivity contribution in [3.63, 3.8) is 0 Å². The molecule has 2 fully saturated rings. The molecule has 0 aromatic carbocycles. The lowest BCUT2D eigenvalue weighted by atomic mass is 9.88. The Kier molecular flexibility index (Phi) is 4.86. The van der Waals surface area contributed by atoms with E-state index in [9.17, 15) is 9.59 Å². The summed E-state index contributed by atoms with van der Waals surface area (Å²) in [5, 5.41) is 0. The van der Waals surface area contributed by atoms with Gasteiger partial charge in [0.1, 0.15) is 17.2 Å². The predicted molar refractivity (Wildman–Crippen MR) is 105 cm³/mol. The summed E-state index contributed by atoms with van der Waals surface area (Å²) in [6.07, 6.45) is 4.28. The topological polar surface area (TPSA) is 90.0 Å². The standard InChI is InChI=1S/C21H26N4O5/c1-15-2-3-16(29-15)18(26)23-7-4-21(5-8-23)20-22-6-9-25(20)14-17(30-21)19(27)24-10-12-28-13-11-24/h2-3,6,9,17H,4-5,7-8,10-14H2,1H3. The molecule has 2 amide bonds. The van der Waals surface area contributed by atoms with Crippen LogP contribution in [0.4, 0.5) is 0 Å². The van der Waals surface area contributed by atoms with E-state index in [1.807, 2.05) is 22.6 Å². The minimum Gasteiger partial charge on any atom is -0.456 e. The fourth-order valence-electron chi connectivity index (χ4n) is 4.63. The second-order valence-electron chi connectivity index (χ2n) is 8.14. The maximum atomic E-state index is 13.1. The molecule has 2 aromatic heterocycles. The van der Waals surface area contributed by atoms with Crippen molar-refractivity contribution in [1.29, 1.82) is 0 Å². The van der Waals surface area contributed by atoms with Gasteiger partial charge < -0.3 is 28.3 Å². The van der Waals surface area contributed by atoms with Crippen molar-refractivity contribution in [2.24, 2.45) is 0 Å². The van der Waals surface area contributed by atoms with Gasteiger partial charge in [-0.3, -0.25) is 9.59 Å². The van der Waals surface area contributed by atoms with Crippen LogP contribution in [-0.2, 0) is 26.4 Å². The van der Waals surface area contributed by atoms with Crippen LogP contribution >= 0.6 is 0 Å². The molecular weight excluding hydrogens is 388 g/mol. The lowest BCUT2D eigenvalue weighted by molar-refractivity contribution is -0.182. The van der Waals surface area contributed by atoms with E-state index in [2.05, 4.69) is 4.98 Å². The number of rotatable bonds is 2. The van der Waals surface area contributed by atoms with Crippen molar-refractivity contribution in [2.75, 3.05) is 39.4 Å². The van der Waals surface area contributed by atoms with E-state index in [4.69, 9.17) is 13.9 Å². The number of piperidine rings is 1. The summed E-state index contributed by atoms with van der Waals surface area (Å²) >= 11 is 0. The van der Waals surface area contributed by atoms with E-state index in [1.165, 1.54) is 0 Å². The highest BCUT2D eigenvalue weighted by Crippen LogP contribution is 2.40. The summed E-state index contributed by atoms with van der Waals surface area (Å²) in [7, 11) is 0. The Labute approximate surface area is 174 Å². The molecule has 0 N–H and O–H groups in total. The van der Waals surface area contributed by atoms with Gasteiger partial charge in [0.15, 0.2) is 11.9 Å². The van der Waals surface area contributed by atoms with Crippen molar-refractivity contribution < 1.29 is 23.5 Å². The first-order chi connectivity index (χ1) is 14.6. The molecule has 5 heterocycles. The molecule has 9 nitrogen and oxygen atoms in total. The monoisotopic (exact) mass is 414 g/mol. The molecule has 1 unspecified atom stereocenters. The number of nitrogens with zero attached hydrogens (tertiary/aromatic N) is 4. The van der Waals surface area contributed by atoms with Crippen molar-refractivity contribution >= 4 is 11.8 Å². The number of morpholine rings is 1. The van der Waals surface area contributed by atoms with Gasteiger partial charge in [0.2, 0.25) is 0 Å². The number of fused-ring (bicyclic) bond motifs is 2. The molecule has 9 heteroatoms. The zero-order chi connectivity index (χ0) is 20.7. The van der Waals surface area contributed by atoms with Gasteiger partial charge in [-0.2, -0.15) is 0 Å². The summed E-state index contributed by atoms with van der Waals surface area (Å²) in [5.41, 5.74) is -0.662. The van der Waals surface area contributed by atoms with Gasteiger partial charge in [-0.05, 0) is 19.1 Å². The number of carbonyl (C=O) groups is 2. The van der Waals surface area contributed by atoms with E-state index in [-0.39, 0.29) is 11.8 Å². The first-order valence-electron chi connectivity index (χ1n) is 10.5. The Morgan fingerprint density at radius 3 is 2.57 bits per heavy atom. The van der Waals surface area contributed by atoms with Crippen LogP contribution in [-0.4, -0.2) is 76.7 Å². The van der Waals surface area contributed by atoms with Crippen LogP contribution in [0, 0.1) is 6.92 Å². The van der Waals surface area contributed by atoms with Crippen LogP contribution in [0.2, 0.25) is 0 Å². The van der Waals surface area contributed by atoms with E-state index >= 15 is 0 Å². The Hall–Kier alpha value is -2.65. The van der Waals surface area contributed by atoms with Crippen LogP contribution in [0.25, 0.3) is 0 Å². The molecule has 1 spiro atoms. The summed E-state index contributed by atoms with van der Waals surface area (Å²) < 4.78 is 19.4. The van der Waals surface area contributed by atoms with Gasteiger partial charge in [0, 0.05) is 51.4 Å². The Bertz CT molecular complexity index is 937.